The van der Waals surface area contributed by atoms with Gasteiger partial charge in [-0.05, 0) is 13.0 Å². The molecule has 0 aliphatic rings. The minimum absolute atomic E-state index is 0.274. The summed E-state index contributed by atoms with van der Waals surface area (Å²) in [4.78, 5) is 14.5. The molecule has 0 bridgehead atoms. The number of carbonyl (C=O) groups is 1. The number of amides is 1. The van der Waals surface area contributed by atoms with Crippen LogP contribution >= 0.6 is 0 Å². The molecule has 0 aromatic carbocycles. The predicted molar refractivity (Wildman–Crippen MR) is 41.9 cm³/mol. The van der Waals surface area contributed by atoms with E-state index < -0.39 is 5.91 Å². The number of hydrogen-bond acceptors (Lipinski definition) is 3. The predicted octanol–water partition coefficient (Wildman–Crippen LogP) is 0.0711. The number of nitrogens with zero attached hydrogens (tertiary/aromatic N) is 1. The summed E-state index contributed by atoms with van der Waals surface area (Å²) in [6.45, 7) is 1.79. The molecule has 0 spiro atoms. The van der Waals surface area contributed by atoms with Crippen LogP contribution in [0.2, 0.25) is 0 Å². The van der Waals surface area contributed by atoms with E-state index in [2.05, 4.69) is 4.98 Å². The van der Waals surface area contributed by atoms with Crippen molar-refractivity contribution in [1.82, 2.24) is 4.98 Å². The number of anilines is 1. The summed E-state index contributed by atoms with van der Waals surface area (Å²) in [6.07, 6.45) is 1.38. The minimum atomic E-state index is -0.546. The highest BCUT2D eigenvalue weighted by atomic mass is 16.1. The molecule has 0 aliphatic carbocycles. The highest BCUT2D eigenvalue weighted by Crippen LogP contribution is 2.09. The van der Waals surface area contributed by atoms with Gasteiger partial charge < -0.3 is 11.5 Å². The fourth-order valence-corrected chi connectivity index (χ4v) is 0.787. The van der Waals surface area contributed by atoms with E-state index in [9.17, 15) is 4.79 Å². The van der Waals surface area contributed by atoms with Gasteiger partial charge in [0.2, 0.25) is 0 Å². The molecule has 0 atom stereocenters. The van der Waals surface area contributed by atoms with Crippen molar-refractivity contribution >= 4 is 11.6 Å². The molecule has 0 saturated heterocycles. The normalized spacial score (nSPS) is 9.55. The SMILES string of the molecule is Cc1cc(N)c(C(N)=O)cn1. The van der Waals surface area contributed by atoms with Gasteiger partial charge in [-0.25, -0.2) is 0 Å². The number of hydrogen-bond donors (Lipinski definition) is 2. The third-order valence-corrected chi connectivity index (χ3v) is 1.34. The van der Waals surface area contributed by atoms with Crippen molar-refractivity contribution in [3.05, 3.63) is 23.5 Å². The molecule has 0 aliphatic heterocycles. The Hall–Kier alpha value is -1.58. The zero-order valence-corrected chi connectivity index (χ0v) is 6.16. The van der Waals surface area contributed by atoms with Gasteiger partial charge in [-0.3, -0.25) is 9.78 Å². The Kier molecular flexibility index (Phi) is 1.76. The van der Waals surface area contributed by atoms with Gasteiger partial charge in [-0.2, -0.15) is 0 Å². The van der Waals surface area contributed by atoms with Gasteiger partial charge in [-0.15, -0.1) is 0 Å². The van der Waals surface area contributed by atoms with Gasteiger partial charge in [0.05, 0.1) is 5.56 Å². The molecule has 1 aromatic heterocycles. The third kappa shape index (κ3) is 1.46. The molecule has 1 rings (SSSR count). The van der Waals surface area contributed by atoms with Crippen molar-refractivity contribution in [1.29, 1.82) is 0 Å². The van der Waals surface area contributed by atoms with Crippen LogP contribution in [-0.4, -0.2) is 10.9 Å². The molecule has 4 heteroatoms. The Balaban J connectivity index is 3.20. The van der Waals surface area contributed by atoms with Gasteiger partial charge in [0.1, 0.15) is 0 Å². The maximum atomic E-state index is 10.6. The maximum absolute atomic E-state index is 10.6. The Morgan fingerprint density at radius 1 is 1.64 bits per heavy atom. The third-order valence-electron chi connectivity index (χ3n) is 1.34. The number of nitrogens with two attached hydrogens (primary N) is 2. The number of aryl methyl sites for hydroxylation is 1. The summed E-state index contributed by atoms with van der Waals surface area (Å²) in [5, 5.41) is 0. The number of aromatic nitrogens is 1. The summed E-state index contributed by atoms with van der Waals surface area (Å²) >= 11 is 0. The van der Waals surface area contributed by atoms with Crippen molar-refractivity contribution in [2.24, 2.45) is 5.73 Å². The van der Waals surface area contributed by atoms with Crippen molar-refractivity contribution < 1.29 is 4.79 Å². The topological polar surface area (TPSA) is 82.0 Å². The molecule has 0 fully saturated rings. The van der Waals surface area contributed by atoms with E-state index in [-0.39, 0.29) is 5.56 Å². The minimum Gasteiger partial charge on any atom is -0.398 e. The largest absolute Gasteiger partial charge is 0.398 e. The van der Waals surface area contributed by atoms with Crippen molar-refractivity contribution in [3.8, 4) is 0 Å². The number of primary amides is 1. The monoisotopic (exact) mass is 151 g/mol. The average Bonchev–Trinajstić information content (AvgIpc) is 1.85. The molecule has 1 aromatic rings. The van der Waals surface area contributed by atoms with Crippen LogP contribution < -0.4 is 11.5 Å². The second-order valence-electron chi connectivity index (χ2n) is 2.28. The smallest absolute Gasteiger partial charge is 0.252 e. The van der Waals surface area contributed by atoms with E-state index in [1.54, 1.807) is 13.0 Å². The van der Waals surface area contributed by atoms with Crippen LogP contribution in [0, 0.1) is 6.92 Å². The first-order valence-electron chi connectivity index (χ1n) is 3.13. The molecular formula is C7H9N3O. The molecule has 0 unspecified atom stereocenters. The molecule has 11 heavy (non-hydrogen) atoms. The van der Waals surface area contributed by atoms with E-state index in [4.69, 9.17) is 11.5 Å². The molecular weight excluding hydrogens is 142 g/mol. The molecule has 1 amide bonds. The van der Waals surface area contributed by atoms with Gasteiger partial charge in [-0.1, -0.05) is 0 Å². The molecule has 1 heterocycles. The first-order chi connectivity index (χ1) is 5.11. The Morgan fingerprint density at radius 3 is 2.73 bits per heavy atom. The van der Waals surface area contributed by atoms with Crippen LogP contribution in [0.1, 0.15) is 16.1 Å². The molecule has 0 saturated carbocycles. The van der Waals surface area contributed by atoms with Gasteiger partial charge in [0.25, 0.3) is 5.91 Å². The van der Waals surface area contributed by atoms with E-state index in [1.807, 2.05) is 0 Å². The molecule has 0 radical (unpaired) electrons. The van der Waals surface area contributed by atoms with Crippen LogP contribution in [0.15, 0.2) is 12.3 Å². The standard InChI is InChI=1S/C7H9N3O/c1-4-2-6(8)5(3-10-4)7(9)11/h2-3H,1H3,(H2,8,10)(H2,9,11). The van der Waals surface area contributed by atoms with Crippen molar-refractivity contribution in [2.45, 2.75) is 6.92 Å². The maximum Gasteiger partial charge on any atom is 0.252 e. The lowest BCUT2D eigenvalue weighted by Crippen LogP contribution is -2.14. The van der Waals surface area contributed by atoms with Crippen molar-refractivity contribution in [3.63, 3.8) is 0 Å². The first-order valence-corrected chi connectivity index (χ1v) is 3.13. The average molecular weight is 151 g/mol. The fraction of sp³-hybridized carbons (Fsp3) is 0.143. The quantitative estimate of drug-likeness (QED) is 0.595. The number of pyridine rings is 1. The first kappa shape index (κ1) is 7.53. The van der Waals surface area contributed by atoms with E-state index in [0.717, 1.165) is 5.69 Å². The number of carbonyl (C=O) groups excluding carboxylic acids is 1. The van der Waals surface area contributed by atoms with E-state index in [0.29, 0.717) is 5.69 Å². The van der Waals surface area contributed by atoms with E-state index in [1.165, 1.54) is 6.20 Å². The second-order valence-corrected chi connectivity index (χ2v) is 2.28. The highest BCUT2D eigenvalue weighted by Gasteiger charge is 2.04. The lowest BCUT2D eigenvalue weighted by atomic mass is 10.2. The van der Waals surface area contributed by atoms with Crippen LogP contribution in [-0.2, 0) is 0 Å². The Labute approximate surface area is 64.2 Å². The van der Waals surface area contributed by atoms with Crippen molar-refractivity contribution in [2.75, 3.05) is 5.73 Å². The Bertz CT molecular complexity index is 296. The molecule has 4 nitrogen and oxygen atoms in total. The van der Waals surface area contributed by atoms with Crippen LogP contribution in [0.25, 0.3) is 0 Å². The highest BCUT2D eigenvalue weighted by molar-refractivity contribution is 5.97. The molecule has 58 valence electrons. The zero-order chi connectivity index (χ0) is 8.43. The zero-order valence-electron chi connectivity index (χ0n) is 6.16. The summed E-state index contributed by atoms with van der Waals surface area (Å²) in [6, 6.07) is 1.61. The summed E-state index contributed by atoms with van der Waals surface area (Å²) in [5.41, 5.74) is 11.9. The fourth-order valence-electron chi connectivity index (χ4n) is 0.787. The lowest BCUT2D eigenvalue weighted by Gasteiger charge is -2.00. The van der Waals surface area contributed by atoms with Gasteiger partial charge in [0.15, 0.2) is 0 Å². The summed E-state index contributed by atoms with van der Waals surface area (Å²) in [5.74, 6) is -0.546. The van der Waals surface area contributed by atoms with Gasteiger partial charge in [0, 0.05) is 17.6 Å². The second kappa shape index (κ2) is 2.57. The number of rotatable bonds is 1. The van der Waals surface area contributed by atoms with Crippen LogP contribution in [0.4, 0.5) is 5.69 Å². The van der Waals surface area contributed by atoms with Crippen LogP contribution in [0.5, 0.6) is 0 Å². The van der Waals surface area contributed by atoms with Gasteiger partial charge >= 0.3 is 0 Å². The summed E-state index contributed by atoms with van der Waals surface area (Å²) in [7, 11) is 0. The number of nitrogen functional groups attached to an aromatic ring is 1. The Morgan fingerprint density at radius 2 is 2.27 bits per heavy atom. The molecule has 4 N–H and O–H groups in total. The summed E-state index contributed by atoms with van der Waals surface area (Å²) < 4.78 is 0. The lowest BCUT2D eigenvalue weighted by molar-refractivity contribution is 0.100. The van der Waals surface area contributed by atoms with E-state index >= 15 is 0 Å². The van der Waals surface area contributed by atoms with Crippen LogP contribution in [0.3, 0.4) is 0 Å².